The van der Waals surface area contributed by atoms with E-state index in [0.29, 0.717) is 6.54 Å². The zero-order chi connectivity index (χ0) is 17.9. The Morgan fingerprint density at radius 2 is 1.84 bits per heavy atom. The van der Waals surface area contributed by atoms with Crippen LogP contribution in [0.5, 0.6) is 0 Å². The predicted octanol–water partition coefficient (Wildman–Crippen LogP) is 1.45. The molecule has 2 heterocycles. The number of likely N-dealkylation sites (tertiary alicyclic amines) is 1. The number of rotatable bonds is 4. The highest BCUT2D eigenvalue weighted by Gasteiger charge is 2.67. The molecule has 3 amide bonds. The van der Waals surface area contributed by atoms with Crippen LogP contribution in [-0.4, -0.2) is 57.6 Å². The highest BCUT2D eigenvalue weighted by molar-refractivity contribution is 9.12. The summed E-state index contributed by atoms with van der Waals surface area (Å²) < 4.78 is 5.50. The number of amides is 3. The molecule has 0 aromatic carbocycles. The van der Waals surface area contributed by atoms with Crippen LogP contribution in [0.3, 0.4) is 0 Å². The van der Waals surface area contributed by atoms with Crippen molar-refractivity contribution in [1.29, 1.82) is 0 Å². The zero-order valence-corrected chi connectivity index (χ0v) is 17.2. The van der Waals surface area contributed by atoms with E-state index in [9.17, 15) is 14.4 Å². The van der Waals surface area contributed by atoms with Gasteiger partial charge in [0.05, 0.1) is 17.9 Å². The second-order valence-electron chi connectivity index (χ2n) is 7.61. The molecule has 0 unspecified atom stereocenters. The lowest BCUT2D eigenvalue weighted by Crippen LogP contribution is -2.50. The molecule has 8 atom stereocenters. The SMILES string of the molecule is C[C@H](C(=O)NC[C@@H]1CCCO1)N1C(=O)[C@@H]2[C@H]3C[C@@H]([C@H](Br)[C@H]3Br)[C@@H]2C1=O. The van der Waals surface area contributed by atoms with Gasteiger partial charge in [-0.25, -0.2) is 0 Å². The number of hydrogen-bond acceptors (Lipinski definition) is 4. The largest absolute Gasteiger partial charge is 0.376 e. The topological polar surface area (TPSA) is 75.7 Å². The van der Waals surface area contributed by atoms with Crippen molar-refractivity contribution < 1.29 is 19.1 Å². The van der Waals surface area contributed by atoms with Crippen molar-refractivity contribution in [3.05, 3.63) is 0 Å². The molecule has 4 aliphatic rings. The fourth-order valence-corrected chi connectivity index (χ4v) is 6.91. The van der Waals surface area contributed by atoms with Crippen molar-refractivity contribution in [3.8, 4) is 0 Å². The van der Waals surface area contributed by atoms with E-state index < -0.39 is 6.04 Å². The molecule has 2 saturated heterocycles. The highest BCUT2D eigenvalue weighted by Crippen LogP contribution is 2.60. The molecule has 2 aliphatic carbocycles. The Balaban J connectivity index is 1.45. The second-order valence-corrected chi connectivity index (χ2v) is 9.72. The van der Waals surface area contributed by atoms with Gasteiger partial charge in [0.15, 0.2) is 0 Å². The lowest BCUT2D eigenvalue weighted by atomic mass is 9.81. The first-order valence-electron chi connectivity index (χ1n) is 8.96. The summed E-state index contributed by atoms with van der Waals surface area (Å²) in [6.45, 7) is 2.80. The van der Waals surface area contributed by atoms with Gasteiger partial charge in [0.25, 0.3) is 0 Å². The van der Waals surface area contributed by atoms with Crippen LogP contribution in [0.4, 0.5) is 0 Å². The minimum atomic E-state index is -0.769. The van der Waals surface area contributed by atoms with Crippen molar-refractivity contribution >= 4 is 49.6 Å². The summed E-state index contributed by atoms with van der Waals surface area (Å²) in [5, 5.41) is 2.84. The molecule has 4 fully saturated rings. The molecule has 8 heteroatoms. The zero-order valence-electron chi connectivity index (χ0n) is 14.0. The van der Waals surface area contributed by atoms with E-state index in [0.717, 1.165) is 25.9 Å². The van der Waals surface area contributed by atoms with Gasteiger partial charge in [0.2, 0.25) is 17.7 Å². The molecule has 2 bridgehead atoms. The van der Waals surface area contributed by atoms with Crippen LogP contribution in [-0.2, 0) is 19.1 Å². The average Bonchev–Trinajstić information content (AvgIpc) is 3.33. The monoisotopic (exact) mass is 476 g/mol. The summed E-state index contributed by atoms with van der Waals surface area (Å²) in [5.41, 5.74) is 0. The first kappa shape index (κ1) is 17.9. The minimum Gasteiger partial charge on any atom is -0.376 e. The summed E-state index contributed by atoms with van der Waals surface area (Å²) >= 11 is 7.34. The first-order valence-corrected chi connectivity index (χ1v) is 10.8. The van der Waals surface area contributed by atoms with Gasteiger partial charge in [0.1, 0.15) is 6.04 Å². The maximum atomic E-state index is 12.9. The Hall–Kier alpha value is -0.470. The maximum Gasteiger partial charge on any atom is 0.243 e. The molecule has 0 spiro atoms. The lowest BCUT2D eigenvalue weighted by Gasteiger charge is -2.28. The number of nitrogens with zero attached hydrogens (tertiary/aromatic N) is 1. The van der Waals surface area contributed by atoms with Gasteiger partial charge >= 0.3 is 0 Å². The number of alkyl halides is 2. The summed E-state index contributed by atoms with van der Waals surface area (Å²) in [7, 11) is 0. The highest BCUT2D eigenvalue weighted by atomic mass is 79.9. The normalized spacial score (nSPS) is 43.6. The van der Waals surface area contributed by atoms with Crippen LogP contribution in [0.1, 0.15) is 26.2 Å². The molecule has 0 aromatic rings. The third-order valence-corrected chi connectivity index (χ3v) is 9.52. The summed E-state index contributed by atoms with van der Waals surface area (Å²) in [6.07, 6.45) is 2.88. The van der Waals surface area contributed by atoms with Crippen LogP contribution in [0.25, 0.3) is 0 Å². The predicted molar refractivity (Wildman–Crippen MR) is 97.3 cm³/mol. The Morgan fingerprint density at radius 3 is 2.36 bits per heavy atom. The van der Waals surface area contributed by atoms with E-state index in [-0.39, 0.29) is 57.2 Å². The third kappa shape index (κ3) is 2.70. The van der Waals surface area contributed by atoms with Crippen LogP contribution in [0, 0.1) is 23.7 Å². The molecular weight excluding hydrogens is 456 g/mol. The Kier molecular flexibility index (Phi) is 4.73. The maximum absolute atomic E-state index is 12.9. The molecule has 2 aliphatic heterocycles. The van der Waals surface area contributed by atoms with Crippen molar-refractivity contribution in [3.63, 3.8) is 0 Å². The Bertz CT molecular complexity index is 577. The first-order chi connectivity index (χ1) is 11.9. The van der Waals surface area contributed by atoms with Crippen LogP contribution in [0.15, 0.2) is 0 Å². The van der Waals surface area contributed by atoms with E-state index in [4.69, 9.17) is 4.74 Å². The van der Waals surface area contributed by atoms with E-state index in [1.54, 1.807) is 6.92 Å². The number of fused-ring (bicyclic) bond motifs is 5. The van der Waals surface area contributed by atoms with Gasteiger partial charge in [-0.3, -0.25) is 19.3 Å². The van der Waals surface area contributed by atoms with Gasteiger partial charge < -0.3 is 10.1 Å². The Labute approximate surface area is 163 Å². The number of nitrogens with one attached hydrogen (secondary N) is 1. The van der Waals surface area contributed by atoms with E-state index in [1.165, 1.54) is 4.90 Å². The van der Waals surface area contributed by atoms with Crippen LogP contribution < -0.4 is 5.32 Å². The number of hydrogen-bond donors (Lipinski definition) is 1. The van der Waals surface area contributed by atoms with Gasteiger partial charge in [-0.05, 0) is 38.0 Å². The number of ether oxygens (including phenoxy) is 1. The molecule has 138 valence electrons. The average molecular weight is 478 g/mol. The van der Waals surface area contributed by atoms with Crippen LogP contribution in [0.2, 0.25) is 0 Å². The molecule has 2 saturated carbocycles. The molecule has 1 N–H and O–H groups in total. The molecular formula is C17H22Br2N2O4. The standard InChI is InChI=1S/C17H22Br2N2O4/c1-7(15(22)20-6-8-3-2-4-25-8)21-16(23)11-9-5-10(12(11)17(21)24)14(19)13(9)18/h7-14H,2-6H2,1H3,(H,20,22)/t7-,8+,9-,10-,11-,12+,13+,14+/m1/s1. The number of imide groups is 1. The minimum absolute atomic E-state index is 0.0414. The van der Waals surface area contributed by atoms with Crippen molar-refractivity contribution in [2.75, 3.05) is 13.2 Å². The van der Waals surface area contributed by atoms with E-state index >= 15 is 0 Å². The molecule has 4 rings (SSSR count). The summed E-state index contributed by atoms with van der Waals surface area (Å²) in [5.74, 6) is -0.841. The van der Waals surface area contributed by atoms with Gasteiger partial charge in [0, 0.05) is 22.8 Å². The van der Waals surface area contributed by atoms with Crippen LogP contribution >= 0.6 is 31.9 Å². The number of halogens is 2. The summed E-state index contributed by atoms with van der Waals surface area (Å²) in [6, 6.07) is -0.769. The Morgan fingerprint density at radius 1 is 1.24 bits per heavy atom. The third-order valence-electron chi connectivity index (χ3n) is 6.32. The van der Waals surface area contributed by atoms with Gasteiger partial charge in [-0.1, -0.05) is 31.9 Å². The molecule has 0 aromatic heterocycles. The van der Waals surface area contributed by atoms with Gasteiger partial charge in [-0.15, -0.1) is 0 Å². The van der Waals surface area contributed by atoms with Crippen molar-refractivity contribution in [2.45, 2.75) is 48.0 Å². The van der Waals surface area contributed by atoms with E-state index in [2.05, 4.69) is 37.2 Å². The smallest absolute Gasteiger partial charge is 0.243 e. The fourth-order valence-electron chi connectivity index (χ4n) is 5.04. The molecule has 0 radical (unpaired) electrons. The molecule has 6 nitrogen and oxygen atoms in total. The quantitative estimate of drug-likeness (QED) is 0.491. The van der Waals surface area contributed by atoms with Crippen molar-refractivity contribution in [2.24, 2.45) is 23.7 Å². The lowest BCUT2D eigenvalue weighted by molar-refractivity contribution is -0.148. The number of carbonyl (C=O) groups is 3. The fraction of sp³-hybridized carbons (Fsp3) is 0.824. The molecule has 25 heavy (non-hydrogen) atoms. The van der Waals surface area contributed by atoms with Gasteiger partial charge in [-0.2, -0.15) is 0 Å². The summed E-state index contributed by atoms with van der Waals surface area (Å²) in [4.78, 5) is 39.9. The second kappa shape index (κ2) is 6.60. The van der Waals surface area contributed by atoms with Crippen molar-refractivity contribution in [1.82, 2.24) is 10.2 Å². The van der Waals surface area contributed by atoms with E-state index in [1.807, 2.05) is 0 Å². The number of carbonyl (C=O) groups excluding carboxylic acids is 3.